The maximum Gasteiger partial charge on any atom is 0.270 e. The number of allylic oxidation sites excluding steroid dienone is 7. The van der Waals surface area contributed by atoms with Gasteiger partial charge < -0.3 is 10.2 Å². The van der Waals surface area contributed by atoms with Gasteiger partial charge in [-0.1, -0.05) is 42.5 Å². The molecule has 0 fully saturated rings. The number of phenols is 1. The van der Waals surface area contributed by atoms with Crippen LogP contribution in [0.2, 0.25) is 0 Å². The number of rotatable bonds is 8. The summed E-state index contributed by atoms with van der Waals surface area (Å²) >= 11 is 1.83. The molecule has 0 aliphatic heterocycles. The van der Waals surface area contributed by atoms with E-state index >= 15 is 0 Å². The lowest BCUT2D eigenvalue weighted by Crippen LogP contribution is -2.22. The van der Waals surface area contributed by atoms with Crippen molar-refractivity contribution in [1.29, 1.82) is 0 Å². The van der Waals surface area contributed by atoms with Gasteiger partial charge >= 0.3 is 0 Å². The number of hydrogen-bond acceptors (Lipinski definition) is 8. The number of nitrogens with zero attached hydrogens (tertiary/aromatic N) is 3. The largest absolute Gasteiger partial charge is 0.507 e. The molecule has 0 spiro atoms. The summed E-state index contributed by atoms with van der Waals surface area (Å²) in [5, 5.41) is 42.5. The molecule has 190 valence electrons. The molecule has 0 bridgehead atoms. The first kappa shape index (κ1) is 26.1. The number of thioether (sulfide) groups is 1. The molecule has 1 aromatic carbocycles. The third kappa shape index (κ3) is 7.02. The van der Waals surface area contributed by atoms with E-state index in [1.54, 1.807) is 12.3 Å². The van der Waals surface area contributed by atoms with Crippen LogP contribution in [-0.4, -0.2) is 42.9 Å². The molecule has 0 saturated heterocycles. The molecule has 2 N–H and O–H groups in total. The number of aliphatic imine (C=N–C) groups is 1. The minimum Gasteiger partial charge on any atom is -0.507 e. The molecular weight excluding hydrogens is 494 g/mol. The number of aliphatic hydroxyl groups is 1. The second kappa shape index (κ2) is 11.8. The molecule has 10 heteroatoms. The van der Waals surface area contributed by atoms with E-state index in [0.29, 0.717) is 10.8 Å². The molecule has 0 aromatic heterocycles. The van der Waals surface area contributed by atoms with Crippen LogP contribution in [0.15, 0.2) is 101 Å². The molecule has 1 aromatic rings. The molecule has 4 unspecified atom stereocenters. The maximum absolute atomic E-state index is 11.0. The zero-order valence-electron chi connectivity index (χ0n) is 19.7. The highest BCUT2D eigenvalue weighted by atomic mass is 32.2. The van der Waals surface area contributed by atoms with E-state index in [9.17, 15) is 30.4 Å². The summed E-state index contributed by atoms with van der Waals surface area (Å²) in [5.74, 6) is -0.559. The van der Waals surface area contributed by atoms with E-state index in [0.717, 1.165) is 24.1 Å². The Morgan fingerprint density at radius 2 is 1.73 bits per heavy atom. The molecular formula is C27H25N3O6S. The zero-order valence-corrected chi connectivity index (χ0v) is 20.5. The van der Waals surface area contributed by atoms with Crippen molar-refractivity contribution in [2.24, 2.45) is 10.9 Å². The number of aromatic hydroxyl groups is 1. The van der Waals surface area contributed by atoms with Crippen LogP contribution in [0.3, 0.4) is 0 Å². The summed E-state index contributed by atoms with van der Waals surface area (Å²) in [6, 6.07) is 3.93. The molecule has 9 nitrogen and oxygen atoms in total. The van der Waals surface area contributed by atoms with Crippen molar-refractivity contribution in [1.82, 2.24) is 0 Å². The third-order valence-corrected chi connectivity index (χ3v) is 7.38. The maximum atomic E-state index is 11.0. The average Bonchev–Trinajstić information content (AvgIpc) is 2.89. The fourth-order valence-electron chi connectivity index (χ4n) is 3.93. The van der Waals surface area contributed by atoms with E-state index in [4.69, 9.17) is 0 Å². The molecule has 0 saturated carbocycles. The first-order chi connectivity index (χ1) is 17.8. The van der Waals surface area contributed by atoms with Crippen LogP contribution in [0.1, 0.15) is 18.4 Å². The molecule has 0 amide bonds. The number of aliphatic hydroxyl groups excluding tert-OH is 1. The average molecular weight is 520 g/mol. The highest BCUT2D eigenvalue weighted by Gasteiger charge is 2.22. The first-order valence-electron chi connectivity index (χ1n) is 11.6. The first-order valence-corrected chi connectivity index (χ1v) is 12.6. The molecule has 4 rings (SSSR count). The highest BCUT2D eigenvalue weighted by Crippen LogP contribution is 2.32. The number of non-ortho nitro benzene ring substituents is 1. The van der Waals surface area contributed by atoms with Gasteiger partial charge in [0, 0.05) is 52.5 Å². The number of nitro groups is 2. The van der Waals surface area contributed by atoms with Crippen LogP contribution in [0.25, 0.3) is 6.08 Å². The Labute approximate surface area is 217 Å². The molecule has 3 aliphatic rings. The lowest BCUT2D eigenvalue weighted by Gasteiger charge is -2.21. The van der Waals surface area contributed by atoms with Gasteiger partial charge in [0.2, 0.25) is 0 Å². The van der Waals surface area contributed by atoms with E-state index in [-0.39, 0.29) is 22.4 Å². The van der Waals surface area contributed by atoms with Crippen molar-refractivity contribution < 1.29 is 20.1 Å². The minimum atomic E-state index is -0.841. The number of benzene rings is 1. The highest BCUT2D eigenvalue weighted by molar-refractivity contribution is 8.00. The minimum absolute atomic E-state index is 0.0129. The smallest absolute Gasteiger partial charge is 0.270 e. The van der Waals surface area contributed by atoms with Gasteiger partial charge in [-0.05, 0) is 36.6 Å². The third-order valence-electron chi connectivity index (χ3n) is 5.99. The van der Waals surface area contributed by atoms with E-state index < -0.39 is 21.9 Å². The predicted molar refractivity (Wildman–Crippen MR) is 145 cm³/mol. The summed E-state index contributed by atoms with van der Waals surface area (Å²) in [6.07, 6.45) is 22.2. The molecule has 3 aliphatic carbocycles. The predicted octanol–water partition coefficient (Wildman–Crippen LogP) is 5.29. The quantitative estimate of drug-likeness (QED) is 0.270. The Balaban J connectivity index is 1.27. The topological polar surface area (TPSA) is 139 Å². The van der Waals surface area contributed by atoms with Crippen LogP contribution >= 0.6 is 11.8 Å². The van der Waals surface area contributed by atoms with Gasteiger partial charge in [0.15, 0.2) is 0 Å². The Morgan fingerprint density at radius 3 is 2.38 bits per heavy atom. The van der Waals surface area contributed by atoms with Gasteiger partial charge in [0.05, 0.1) is 21.6 Å². The standard InChI is InChI=1S/C27H25N3O6S/c31-26-13-7-22(29(33)34)15-19(26)4-1-18-2-9-24(10-3-18)37-25-11-5-21(6-12-25)28-17-20-16-23(30(35)36)8-14-27(20)32/h1-9,11,13-17,20,24-25,27,31-32H,10,12H2/b4-1+,28-17?. The molecule has 0 heterocycles. The summed E-state index contributed by atoms with van der Waals surface area (Å²) in [6.45, 7) is 0. The van der Waals surface area contributed by atoms with Crippen molar-refractivity contribution in [2.75, 3.05) is 0 Å². The van der Waals surface area contributed by atoms with Crippen LogP contribution in [-0.2, 0) is 0 Å². The summed E-state index contributed by atoms with van der Waals surface area (Å²) in [7, 11) is 0. The fourth-order valence-corrected chi connectivity index (χ4v) is 5.13. The van der Waals surface area contributed by atoms with E-state index in [1.165, 1.54) is 36.4 Å². The Kier molecular flexibility index (Phi) is 8.32. The normalized spacial score (nSPS) is 25.3. The van der Waals surface area contributed by atoms with Crippen LogP contribution in [0.5, 0.6) is 5.75 Å². The Bertz CT molecular complexity index is 1320. The number of nitro benzene ring substituents is 1. The van der Waals surface area contributed by atoms with Crippen LogP contribution in [0.4, 0.5) is 5.69 Å². The van der Waals surface area contributed by atoms with Crippen LogP contribution < -0.4 is 0 Å². The van der Waals surface area contributed by atoms with Gasteiger partial charge in [-0.15, -0.1) is 11.8 Å². The van der Waals surface area contributed by atoms with E-state index in [2.05, 4.69) is 23.2 Å². The fraction of sp³-hybridized carbons (Fsp3) is 0.222. The molecule has 0 radical (unpaired) electrons. The SMILES string of the molecule is O=[N+]([O-])C1=CC(C=NC2=CCC(SC3C=CC(/C=C/c4cc([N+](=O)[O-])ccc4O)=CC3)C=C2)C(O)C=C1. The summed E-state index contributed by atoms with van der Waals surface area (Å²) in [5.41, 5.74) is 1.98. The zero-order chi connectivity index (χ0) is 26.4. The van der Waals surface area contributed by atoms with Gasteiger partial charge in [0.1, 0.15) is 5.75 Å². The van der Waals surface area contributed by atoms with Gasteiger partial charge in [0.25, 0.3) is 11.4 Å². The number of hydrogen-bond donors (Lipinski definition) is 2. The monoisotopic (exact) mass is 519 g/mol. The van der Waals surface area contributed by atoms with E-state index in [1.807, 2.05) is 36.1 Å². The van der Waals surface area contributed by atoms with Crippen LogP contribution in [0, 0.1) is 26.1 Å². The second-order valence-electron chi connectivity index (χ2n) is 8.62. The Hall–Kier alpha value is -4.02. The van der Waals surface area contributed by atoms with Crippen molar-refractivity contribution in [3.8, 4) is 5.75 Å². The number of phenolic OH excluding ortho intramolecular Hbond substituents is 1. The molecule has 37 heavy (non-hydrogen) atoms. The van der Waals surface area contributed by atoms with Crippen molar-refractivity contribution in [3.05, 3.63) is 122 Å². The van der Waals surface area contributed by atoms with Gasteiger partial charge in [-0.3, -0.25) is 25.2 Å². The second-order valence-corrected chi connectivity index (χ2v) is 10.1. The van der Waals surface area contributed by atoms with Crippen molar-refractivity contribution in [3.63, 3.8) is 0 Å². The summed E-state index contributed by atoms with van der Waals surface area (Å²) in [4.78, 5) is 25.3. The Morgan fingerprint density at radius 1 is 0.973 bits per heavy atom. The van der Waals surface area contributed by atoms with Gasteiger partial charge in [-0.25, -0.2) is 0 Å². The van der Waals surface area contributed by atoms with Gasteiger partial charge in [-0.2, -0.15) is 0 Å². The van der Waals surface area contributed by atoms with Crippen molar-refractivity contribution in [2.45, 2.75) is 29.4 Å². The lowest BCUT2D eigenvalue weighted by molar-refractivity contribution is -0.419. The lowest BCUT2D eigenvalue weighted by atomic mass is 9.97. The molecule has 4 atom stereocenters. The van der Waals surface area contributed by atoms with Crippen molar-refractivity contribution >= 4 is 29.7 Å². The summed E-state index contributed by atoms with van der Waals surface area (Å²) < 4.78 is 0.